The molecule has 5 heterocycles. The zero-order valence-corrected chi connectivity index (χ0v) is 53.8. The highest BCUT2D eigenvalue weighted by atomic mass is 32.3. The molecule has 5 aliphatic rings. The van der Waals surface area contributed by atoms with Crippen LogP contribution in [-0.4, -0.2) is 280 Å². The Bertz CT molecular complexity index is 3100. The van der Waals surface area contributed by atoms with Gasteiger partial charge in [0, 0.05) is 113 Å². The lowest BCUT2D eigenvalue weighted by molar-refractivity contribution is -0.147. The molecule has 7 amide bonds. The largest absolute Gasteiger partial charge is 0.504 e. The Morgan fingerprint density at radius 2 is 1.23 bits per heavy atom. The molecule has 0 bridgehead atoms. The van der Waals surface area contributed by atoms with Crippen LogP contribution in [0, 0.1) is 11.8 Å². The van der Waals surface area contributed by atoms with Crippen molar-refractivity contribution in [3.8, 4) is 11.5 Å². The minimum Gasteiger partial charge on any atom is -0.504 e. The lowest BCUT2D eigenvalue weighted by Crippen LogP contribution is -2.64. The van der Waals surface area contributed by atoms with E-state index in [2.05, 4.69) is 76.7 Å². The van der Waals surface area contributed by atoms with Crippen LogP contribution in [0.15, 0.2) is 66.7 Å². The number of nitrogens with zero attached hydrogens (tertiary/aromatic N) is 6. The number of fused-ring (bicyclic) bond motifs is 2. The number of amides is 7. The third-order valence-electron chi connectivity index (χ3n) is 18.4. The number of rotatable bonds is 18. The van der Waals surface area contributed by atoms with Gasteiger partial charge in [-0.3, -0.25) is 52.1 Å². The summed E-state index contributed by atoms with van der Waals surface area (Å²) >= 11 is -4.74. The molecule has 520 valence electrons. The third-order valence-corrected chi connectivity index (χ3v) is 18.8. The Morgan fingerprint density at radius 1 is 0.681 bits per heavy atom. The number of hydrogen-bond donors (Lipinski definition) is 17. The fourth-order valence-corrected chi connectivity index (χ4v) is 13.0. The summed E-state index contributed by atoms with van der Waals surface area (Å²) in [5.74, 6) is -9.56. The molecule has 17 N–H and O–H groups in total. The Kier molecular flexibility index (Phi) is 24.8. The molecule has 3 aromatic carbocycles. The molecular formula is C62H91N11O20S. The number of aromatic hydroxyl groups is 1. The number of carbonyl (C=O) groups excluding carboxylic acids is 7. The van der Waals surface area contributed by atoms with Crippen molar-refractivity contribution in [1.82, 2.24) is 41.3 Å². The van der Waals surface area contributed by atoms with Crippen molar-refractivity contribution < 1.29 is 97.4 Å². The molecule has 5 aliphatic heterocycles. The first-order chi connectivity index (χ1) is 44.5. The van der Waals surface area contributed by atoms with Crippen molar-refractivity contribution in [2.75, 3.05) is 100 Å². The van der Waals surface area contributed by atoms with Crippen molar-refractivity contribution in [3.05, 3.63) is 77.9 Å². The minimum atomic E-state index is -4.74. The van der Waals surface area contributed by atoms with Gasteiger partial charge in [0.25, 0.3) is 17.1 Å². The number of aliphatic hydroxyl groups is 8. The van der Waals surface area contributed by atoms with E-state index in [9.17, 15) is 88.4 Å². The van der Waals surface area contributed by atoms with Crippen molar-refractivity contribution in [2.45, 2.75) is 138 Å². The number of phenols is 1. The fourth-order valence-electron chi connectivity index (χ4n) is 12.6. The Labute approximate surface area is 546 Å². The number of hydrogen-bond acceptors (Lipinski definition) is 24. The number of carbonyl (C=O) groups is 7. The minimum absolute atomic E-state index is 0.0542. The first-order valence-electron chi connectivity index (χ1n) is 31.6. The Morgan fingerprint density at radius 3 is 1.81 bits per heavy atom. The van der Waals surface area contributed by atoms with E-state index >= 15 is 4.79 Å². The summed E-state index contributed by atoms with van der Waals surface area (Å²) in [6.45, 7) is 6.90. The molecular weight excluding hydrogens is 1250 g/mol. The number of nitrogens with one attached hydrogen (secondary N) is 5. The van der Waals surface area contributed by atoms with E-state index in [1.54, 1.807) is 24.3 Å². The van der Waals surface area contributed by atoms with Crippen molar-refractivity contribution in [3.63, 3.8) is 0 Å². The molecule has 94 heavy (non-hydrogen) atoms. The first kappa shape index (κ1) is 72.6. The quantitative estimate of drug-likeness (QED) is 0.0607. The van der Waals surface area contributed by atoms with E-state index in [0.717, 1.165) is 72.3 Å². The van der Waals surface area contributed by atoms with E-state index in [4.69, 9.17) is 0 Å². The summed E-state index contributed by atoms with van der Waals surface area (Å²) in [4.78, 5) is 112. The van der Waals surface area contributed by atoms with Gasteiger partial charge in [-0.2, -0.15) is 0 Å². The molecule has 0 unspecified atom stereocenters. The number of phenolic OH excluding ortho intramolecular Hbond substituents is 1. The van der Waals surface area contributed by atoms with Crippen LogP contribution in [0.1, 0.15) is 68.8 Å². The van der Waals surface area contributed by atoms with Gasteiger partial charge in [-0.1, -0.05) is 19.9 Å². The smallest absolute Gasteiger partial charge is 0.266 e. The molecule has 8 rings (SSSR count). The zero-order valence-electron chi connectivity index (χ0n) is 53.0. The summed E-state index contributed by atoms with van der Waals surface area (Å²) in [7, 11) is 1.48. The lowest BCUT2D eigenvalue weighted by Gasteiger charge is -2.38. The molecule has 5 fully saturated rings. The second-order valence-corrected chi connectivity index (χ2v) is 26.5. The topological polar surface area (TPSA) is 451 Å². The van der Waals surface area contributed by atoms with Gasteiger partial charge in [0.15, 0.2) is 11.5 Å². The standard InChI is InChI=1S/C62H91N11O20S/c1-34-15-19-69(20-16-34)40-10-12-41(13-11-40)71-23-21-70(22-24-71)39-8-6-38(7-9-39)56(83)64-45-27-43(77)29-63-60(87)54-55(82)35(2)30-73(54)62(89)53(48(80)17-18-68(4)42(32-74)33-75)67-59(86)52(49(81)25-37-5-14-47(79)50(26-37)93-94(90,91)92)66-58(85)46-28-44(78)31-72(46)61(88)51(36(3)76)65-57(45)84/h5-14,26,34-36,42-46,48-49,51-55,74-82,90-92H,15-25,27-33H2,1-4H3,(H,63,87)(H,64,83)(H,65,84)(H,66,85)(H,67,86)/t35-,36+,43+,44+,45-,46-,48+,49+,51-,52-,53-,54-,55-/m0/s1. The molecule has 13 atom stereocenters. The van der Waals surface area contributed by atoms with Gasteiger partial charge in [-0.15, -0.1) is 0 Å². The average molecular weight is 1340 g/mol. The highest BCUT2D eigenvalue weighted by Crippen LogP contribution is 2.41. The second kappa shape index (κ2) is 32.0. The Balaban J connectivity index is 1.07. The molecule has 0 saturated carbocycles. The molecule has 32 heteroatoms. The number of piperidine rings is 1. The van der Waals surface area contributed by atoms with Crippen molar-refractivity contribution in [2.24, 2.45) is 11.8 Å². The number of benzene rings is 3. The van der Waals surface area contributed by atoms with Gasteiger partial charge in [-0.25, -0.2) is 0 Å². The maximum absolute atomic E-state index is 15.0. The van der Waals surface area contributed by atoms with Crippen molar-refractivity contribution >= 4 is 69.6 Å². The number of aliphatic hydroxyl groups excluding tert-OH is 8. The van der Waals surface area contributed by atoms with Gasteiger partial charge in [-0.05, 0) is 105 Å². The summed E-state index contributed by atoms with van der Waals surface area (Å²) < 4.78 is 33.4. The van der Waals surface area contributed by atoms with Crippen LogP contribution in [0.25, 0.3) is 0 Å². The first-order valence-corrected chi connectivity index (χ1v) is 33.0. The molecule has 0 aromatic heterocycles. The number of anilines is 3. The highest BCUT2D eigenvalue weighted by molar-refractivity contribution is 8.15. The molecule has 0 radical (unpaired) electrons. The number of β-amino-alcohol motifs (C(OH)–C–C–N with tert-alkyl or cyclic N) is 1. The predicted octanol–water partition coefficient (Wildman–Crippen LogP) is -2.90. The van der Waals surface area contributed by atoms with Crippen LogP contribution in [0.2, 0.25) is 0 Å². The predicted molar refractivity (Wildman–Crippen MR) is 342 cm³/mol. The summed E-state index contributed by atoms with van der Waals surface area (Å²) in [5, 5.41) is 112. The van der Waals surface area contributed by atoms with E-state index in [1.807, 2.05) is 0 Å². The third kappa shape index (κ3) is 18.2. The van der Waals surface area contributed by atoms with Crippen molar-refractivity contribution in [1.29, 1.82) is 0 Å². The van der Waals surface area contributed by atoms with Crippen LogP contribution >= 0.6 is 11.2 Å². The monoisotopic (exact) mass is 1340 g/mol. The van der Waals surface area contributed by atoms with Gasteiger partial charge >= 0.3 is 0 Å². The molecule has 0 spiro atoms. The van der Waals surface area contributed by atoms with Gasteiger partial charge in [0.2, 0.25) is 35.4 Å². The lowest BCUT2D eigenvalue weighted by atomic mass is 9.98. The number of likely N-dealkylation sites (N-methyl/N-ethyl adjacent to an activating group) is 1. The normalized spacial score (nSPS) is 27.2. The van der Waals surface area contributed by atoms with Crippen LogP contribution in [0.4, 0.5) is 17.1 Å². The zero-order chi connectivity index (χ0) is 68.5. The molecule has 0 aliphatic carbocycles. The highest BCUT2D eigenvalue weighted by Gasteiger charge is 2.50. The van der Waals surface area contributed by atoms with E-state index in [1.165, 1.54) is 43.5 Å². The van der Waals surface area contributed by atoms with Crippen LogP contribution in [0.3, 0.4) is 0 Å². The average Bonchev–Trinajstić information content (AvgIpc) is 1.61. The van der Waals surface area contributed by atoms with Crippen LogP contribution in [-0.2, 0) is 35.2 Å². The van der Waals surface area contributed by atoms with Crippen LogP contribution in [0.5, 0.6) is 11.5 Å². The maximum Gasteiger partial charge on any atom is 0.266 e. The van der Waals surface area contributed by atoms with E-state index < -0.39 is 201 Å². The number of piperazine rings is 1. The summed E-state index contributed by atoms with van der Waals surface area (Å²) in [6.07, 6.45) is -10.5. The van der Waals surface area contributed by atoms with Gasteiger partial charge < -0.3 is 101 Å². The second-order valence-electron chi connectivity index (χ2n) is 25.3. The van der Waals surface area contributed by atoms with Crippen LogP contribution < -0.4 is 45.5 Å². The SMILES string of the molecule is CC1CCN(c2ccc(N3CCN(c4ccc(C(=O)N[C@H]5C[C@@H](O)CNC(=O)[C@@H]6[C@@H](O)[C@@H](C)CN6C(=O)[C@H]([C@H](O)CCN(C)C(CO)CO)NC(=O)[C@H]([C@H](O)Cc6ccc(O)c(OS(O)(O)O)c6)NC(=O)[C@@H]6C[C@@H](O)CN6C(=O)[C@H]([C@@H](C)O)NC5=O)cc4)CC3)cc2)CC1. The van der Waals surface area contributed by atoms with E-state index in [0.29, 0.717) is 13.1 Å². The summed E-state index contributed by atoms with van der Waals surface area (Å²) in [5.41, 5.74) is 3.16. The van der Waals surface area contributed by atoms with Gasteiger partial charge in [0.05, 0.1) is 55.9 Å². The molecule has 31 nitrogen and oxygen atoms in total. The van der Waals surface area contributed by atoms with E-state index in [-0.39, 0.29) is 24.2 Å². The summed E-state index contributed by atoms with van der Waals surface area (Å²) in [6, 6.07) is 5.90. The molecule has 3 aromatic rings. The molecule has 5 saturated heterocycles. The fraction of sp³-hybridized carbons (Fsp3) is 0.597. The maximum atomic E-state index is 15.0. The van der Waals surface area contributed by atoms with Gasteiger partial charge in [0.1, 0.15) is 36.3 Å². The Hall–Kier alpha value is -7.18.